The number of rotatable bonds is 16. The van der Waals surface area contributed by atoms with Gasteiger partial charge in [0.05, 0.1) is 25.0 Å². The van der Waals surface area contributed by atoms with Crippen LogP contribution in [0.4, 0.5) is 0 Å². The van der Waals surface area contributed by atoms with Gasteiger partial charge in [0.15, 0.2) is 0 Å². The van der Waals surface area contributed by atoms with E-state index in [-0.39, 0.29) is 60.7 Å². The maximum atomic E-state index is 13.4. The van der Waals surface area contributed by atoms with Crippen molar-refractivity contribution in [2.75, 3.05) is 66.0 Å². The van der Waals surface area contributed by atoms with E-state index in [1.54, 1.807) is 12.1 Å². The van der Waals surface area contributed by atoms with Crippen LogP contribution in [0.15, 0.2) is 107 Å². The fourth-order valence-corrected chi connectivity index (χ4v) is 7.86. The zero-order chi connectivity index (χ0) is 45.4. The second-order valence-corrected chi connectivity index (χ2v) is 18.3. The number of hydrogen-bond acceptors (Lipinski definition) is 12. The van der Waals surface area contributed by atoms with Gasteiger partial charge in [-0.3, -0.25) is 38.8 Å². The second-order valence-electron chi connectivity index (χ2n) is 18.3. The van der Waals surface area contributed by atoms with Crippen molar-refractivity contribution in [3.05, 3.63) is 140 Å². The number of esters is 2. The van der Waals surface area contributed by atoms with Crippen molar-refractivity contribution < 1.29 is 28.7 Å². The van der Waals surface area contributed by atoms with Gasteiger partial charge in [-0.15, -0.1) is 9.46 Å². The van der Waals surface area contributed by atoms with Crippen LogP contribution >= 0.6 is 0 Å². The number of ether oxygens (including phenoxy) is 2. The first kappa shape index (κ1) is 48.7. The average molecular weight is 869 g/mol. The first-order chi connectivity index (χ1) is 30.1. The Balaban J connectivity index is 1.47. The first-order valence-corrected chi connectivity index (χ1v) is 22.0. The highest BCUT2D eigenvalue weighted by molar-refractivity contribution is 5.72. The van der Waals surface area contributed by atoms with E-state index in [9.17, 15) is 19.2 Å². The number of aromatic nitrogens is 2. The van der Waals surface area contributed by atoms with Crippen LogP contribution < -0.4 is 20.8 Å². The summed E-state index contributed by atoms with van der Waals surface area (Å²) < 4.78 is 13.7. The van der Waals surface area contributed by atoms with Crippen LogP contribution in [-0.4, -0.2) is 119 Å². The lowest BCUT2D eigenvalue weighted by Gasteiger charge is -2.42. The molecule has 14 nitrogen and oxygen atoms in total. The number of nitrogens with zero attached hydrogens (tertiary/aromatic N) is 6. The largest absolute Gasteiger partial charge is 0.469 e. The SMILES string of the molecule is COC(=O)CC[C@H](N1CCN(Cc2cccc(=O)n2OCc2ccccc2)CCN(CC(=O)OC(C)(C)C)CCN(Cc2cccc(=O)n2OCc2ccccc2)CC1)C(C)(C)C. The van der Waals surface area contributed by atoms with Gasteiger partial charge >= 0.3 is 11.9 Å². The Kier molecular flexibility index (Phi) is 18.1. The Labute approximate surface area is 372 Å². The van der Waals surface area contributed by atoms with Gasteiger partial charge in [-0.1, -0.05) is 93.6 Å². The summed E-state index contributed by atoms with van der Waals surface area (Å²) in [5, 5.41) is 0. The molecule has 3 heterocycles. The summed E-state index contributed by atoms with van der Waals surface area (Å²) in [6.07, 6.45) is 0.892. The molecule has 1 saturated heterocycles. The van der Waals surface area contributed by atoms with Crippen molar-refractivity contribution in [3.63, 3.8) is 0 Å². The standard InChI is InChI=1S/C49H68N6O8/c1-48(2,3)43(24-25-46(58)60-7)53-32-30-50(34-41-20-14-22-44(56)54(41)61-37-39-16-10-8-11-17-39)26-28-52(36-47(59)63-49(4,5)6)29-27-51(31-33-53)35-42-21-15-23-45(57)55(42)62-38-40-18-12-9-13-19-40/h8-23,43H,24-38H2,1-7H3/t43-/m0/s1. The summed E-state index contributed by atoms with van der Waals surface area (Å²) in [4.78, 5) is 74.0. The maximum absolute atomic E-state index is 13.4. The fraction of sp³-hybridized carbons (Fsp3) is 0.510. The highest BCUT2D eigenvalue weighted by atomic mass is 16.7. The molecule has 0 aliphatic carbocycles. The number of pyridine rings is 2. The van der Waals surface area contributed by atoms with E-state index < -0.39 is 5.60 Å². The van der Waals surface area contributed by atoms with Crippen molar-refractivity contribution in [1.29, 1.82) is 0 Å². The Morgan fingerprint density at radius 2 is 1.02 bits per heavy atom. The number of benzene rings is 2. The molecule has 0 radical (unpaired) electrons. The number of carbonyl (C=O) groups is 2. The van der Waals surface area contributed by atoms with Gasteiger partial charge in [-0.2, -0.15) is 0 Å². The molecule has 5 rings (SSSR count). The van der Waals surface area contributed by atoms with E-state index >= 15 is 0 Å². The molecule has 0 N–H and O–H groups in total. The zero-order valence-corrected chi connectivity index (χ0v) is 38.4. The molecule has 4 aromatic rings. The van der Waals surface area contributed by atoms with Crippen LogP contribution in [0.25, 0.3) is 0 Å². The van der Waals surface area contributed by atoms with Crippen molar-refractivity contribution in [2.45, 2.75) is 92.3 Å². The van der Waals surface area contributed by atoms with Crippen molar-refractivity contribution in [2.24, 2.45) is 5.41 Å². The fourth-order valence-electron chi connectivity index (χ4n) is 7.86. The van der Waals surface area contributed by atoms with E-state index in [1.165, 1.54) is 28.7 Å². The molecule has 2 aromatic heterocycles. The molecule has 342 valence electrons. The molecular weight excluding hydrogens is 801 g/mol. The Morgan fingerprint density at radius 3 is 1.44 bits per heavy atom. The predicted molar refractivity (Wildman–Crippen MR) is 244 cm³/mol. The van der Waals surface area contributed by atoms with Crippen LogP contribution in [0, 0.1) is 5.41 Å². The van der Waals surface area contributed by atoms with Gasteiger partial charge in [-0.05, 0) is 55.9 Å². The van der Waals surface area contributed by atoms with Gasteiger partial charge in [0.1, 0.15) is 18.8 Å². The molecular formula is C49H68N6O8. The summed E-state index contributed by atoms with van der Waals surface area (Å²) in [6, 6.07) is 29.9. The van der Waals surface area contributed by atoms with E-state index in [4.69, 9.17) is 19.1 Å². The van der Waals surface area contributed by atoms with Crippen LogP contribution in [0.2, 0.25) is 0 Å². The monoisotopic (exact) mass is 869 g/mol. The summed E-state index contributed by atoms with van der Waals surface area (Å²) in [6.45, 7) is 18.4. The summed E-state index contributed by atoms with van der Waals surface area (Å²) in [7, 11) is 1.42. The number of hydrogen-bond donors (Lipinski definition) is 0. The van der Waals surface area contributed by atoms with Crippen LogP contribution in [0.1, 0.15) is 76.9 Å². The van der Waals surface area contributed by atoms with Crippen molar-refractivity contribution >= 4 is 11.9 Å². The predicted octanol–water partition coefficient (Wildman–Crippen LogP) is 4.90. The highest BCUT2D eigenvalue weighted by Gasteiger charge is 2.32. The lowest BCUT2D eigenvalue weighted by Crippen LogP contribution is -2.52. The Morgan fingerprint density at radius 1 is 0.571 bits per heavy atom. The van der Waals surface area contributed by atoms with Gasteiger partial charge in [0, 0.05) is 90.0 Å². The molecule has 0 saturated carbocycles. The number of carbonyl (C=O) groups excluding carboxylic acids is 2. The van der Waals surface area contributed by atoms with E-state index in [0.29, 0.717) is 83.3 Å². The maximum Gasteiger partial charge on any atom is 0.320 e. The summed E-state index contributed by atoms with van der Waals surface area (Å²) in [5.41, 5.74) is 1.97. The molecule has 0 bridgehead atoms. The second kappa shape index (κ2) is 23.4. The van der Waals surface area contributed by atoms with E-state index in [2.05, 4.69) is 40.4 Å². The summed E-state index contributed by atoms with van der Waals surface area (Å²) >= 11 is 0. The zero-order valence-electron chi connectivity index (χ0n) is 38.4. The van der Waals surface area contributed by atoms with E-state index in [1.807, 2.05) is 93.6 Å². The third kappa shape index (κ3) is 16.1. The lowest BCUT2D eigenvalue weighted by atomic mass is 9.82. The lowest BCUT2D eigenvalue weighted by molar-refractivity contribution is -0.156. The van der Waals surface area contributed by atoms with Gasteiger partial charge in [0.25, 0.3) is 11.1 Å². The van der Waals surface area contributed by atoms with Crippen LogP contribution in [-0.2, 0) is 45.4 Å². The highest BCUT2D eigenvalue weighted by Crippen LogP contribution is 2.29. The smallest absolute Gasteiger partial charge is 0.320 e. The van der Waals surface area contributed by atoms with Crippen molar-refractivity contribution in [1.82, 2.24) is 29.1 Å². The molecule has 1 atom stereocenters. The Hall–Kier alpha value is -5.28. The van der Waals surface area contributed by atoms with E-state index in [0.717, 1.165) is 11.1 Å². The molecule has 1 aliphatic heterocycles. The topological polar surface area (TPSA) is 128 Å². The minimum absolute atomic E-state index is 0.0140. The average Bonchev–Trinajstić information content (AvgIpc) is 3.23. The molecule has 0 unspecified atom stereocenters. The molecule has 63 heavy (non-hydrogen) atoms. The minimum Gasteiger partial charge on any atom is -0.469 e. The molecule has 0 amide bonds. The molecule has 14 heteroatoms. The van der Waals surface area contributed by atoms with Gasteiger partial charge < -0.3 is 19.1 Å². The third-order valence-corrected chi connectivity index (χ3v) is 11.1. The van der Waals surface area contributed by atoms with Crippen LogP contribution in [0.5, 0.6) is 0 Å². The van der Waals surface area contributed by atoms with Gasteiger partial charge in [0.2, 0.25) is 0 Å². The molecule has 2 aromatic carbocycles. The number of methoxy groups -OCH3 is 1. The molecule has 1 aliphatic rings. The molecule has 0 spiro atoms. The van der Waals surface area contributed by atoms with Crippen LogP contribution in [0.3, 0.4) is 0 Å². The third-order valence-electron chi connectivity index (χ3n) is 11.1. The molecule has 1 fully saturated rings. The summed E-state index contributed by atoms with van der Waals surface area (Å²) in [5.74, 6) is -0.558. The normalized spacial score (nSPS) is 16.0. The van der Waals surface area contributed by atoms with Gasteiger partial charge in [-0.25, -0.2) is 0 Å². The quantitative estimate of drug-likeness (QED) is 0.142. The Bertz CT molecular complexity index is 2030. The van der Waals surface area contributed by atoms with Crippen molar-refractivity contribution in [3.8, 4) is 0 Å². The first-order valence-electron chi connectivity index (χ1n) is 22.0. The minimum atomic E-state index is -0.643.